The lowest BCUT2D eigenvalue weighted by molar-refractivity contribution is 0.308. The van der Waals surface area contributed by atoms with E-state index in [0.717, 1.165) is 22.4 Å². The number of imidazole rings is 1. The fourth-order valence-corrected chi connectivity index (χ4v) is 3.00. The number of benzene rings is 1. The average molecular weight is 337 g/mol. The number of aromatic nitrogens is 6. The summed E-state index contributed by atoms with van der Waals surface area (Å²) in [6, 6.07) is 7.62. The Morgan fingerprint density at radius 1 is 1.16 bits per heavy atom. The maximum atomic E-state index is 12.1. The predicted octanol–water partition coefficient (Wildman–Crippen LogP) is 1.54. The van der Waals surface area contributed by atoms with Gasteiger partial charge in [0.05, 0.1) is 23.3 Å². The van der Waals surface area contributed by atoms with E-state index >= 15 is 0 Å². The van der Waals surface area contributed by atoms with Gasteiger partial charge in [-0.2, -0.15) is 9.50 Å². The Kier molecular flexibility index (Phi) is 3.61. The summed E-state index contributed by atoms with van der Waals surface area (Å²) >= 11 is 0. The molecule has 8 heteroatoms. The van der Waals surface area contributed by atoms with Crippen molar-refractivity contribution >= 4 is 16.8 Å². The minimum atomic E-state index is -0.159. The van der Waals surface area contributed by atoms with Crippen LogP contribution in [0.15, 0.2) is 29.1 Å². The maximum absolute atomic E-state index is 12.1. The van der Waals surface area contributed by atoms with Gasteiger partial charge >= 0.3 is 0 Å². The number of aryl methyl sites for hydroxylation is 2. The lowest BCUT2D eigenvalue weighted by Crippen LogP contribution is -2.22. The van der Waals surface area contributed by atoms with Gasteiger partial charge in [0, 0.05) is 12.6 Å². The fraction of sp³-hybridized carbons (Fsp3) is 0.294. The van der Waals surface area contributed by atoms with E-state index in [0.29, 0.717) is 30.4 Å². The van der Waals surface area contributed by atoms with E-state index in [1.807, 2.05) is 19.2 Å². The molecule has 25 heavy (non-hydrogen) atoms. The van der Waals surface area contributed by atoms with E-state index in [2.05, 4.69) is 42.9 Å². The molecule has 1 aromatic carbocycles. The normalized spacial score (nSPS) is 11.8. The van der Waals surface area contributed by atoms with E-state index < -0.39 is 0 Å². The van der Waals surface area contributed by atoms with Crippen LogP contribution in [-0.2, 0) is 13.1 Å². The van der Waals surface area contributed by atoms with Crippen LogP contribution < -0.4 is 5.56 Å². The van der Waals surface area contributed by atoms with Gasteiger partial charge in [-0.25, -0.2) is 9.97 Å². The van der Waals surface area contributed by atoms with Crippen LogP contribution in [0, 0.1) is 13.8 Å². The van der Waals surface area contributed by atoms with Crippen LogP contribution in [0.25, 0.3) is 16.8 Å². The molecule has 3 aromatic heterocycles. The second-order valence-corrected chi connectivity index (χ2v) is 6.36. The third kappa shape index (κ3) is 2.91. The summed E-state index contributed by atoms with van der Waals surface area (Å²) in [7, 11) is 1.97. The zero-order valence-electron chi connectivity index (χ0n) is 14.4. The van der Waals surface area contributed by atoms with Crippen molar-refractivity contribution < 1.29 is 0 Å². The number of fused-ring (bicyclic) bond motifs is 2. The molecule has 4 aromatic rings. The highest BCUT2D eigenvalue weighted by molar-refractivity contribution is 5.78. The van der Waals surface area contributed by atoms with Crippen LogP contribution in [0.1, 0.15) is 22.9 Å². The SMILES string of the molecule is Cc1nc2nc(CN(C)Cc3nc4c(C)cccc4[nH]3)cc(=O)n2[nH]1. The third-order valence-corrected chi connectivity index (χ3v) is 4.11. The number of nitrogens with one attached hydrogen (secondary N) is 2. The Bertz CT molecular complexity index is 1120. The zero-order chi connectivity index (χ0) is 17.6. The number of para-hydroxylation sites is 1. The average Bonchev–Trinajstić information content (AvgIpc) is 3.10. The van der Waals surface area contributed by atoms with E-state index in [1.165, 1.54) is 10.6 Å². The first kappa shape index (κ1) is 15.5. The lowest BCUT2D eigenvalue weighted by atomic mass is 10.2. The minimum Gasteiger partial charge on any atom is -0.341 e. The molecule has 4 rings (SSSR count). The van der Waals surface area contributed by atoms with Gasteiger partial charge in [-0.15, -0.1) is 0 Å². The molecule has 0 bridgehead atoms. The van der Waals surface area contributed by atoms with Gasteiger partial charge < -0.3 is 4.98 Å². The second-order valence-electron chi connectivity index (χ2n) is 6.36. The molecule has 0 atom stereocenters. The monoisotopic (exact) mass is 337 g/mol. The molecule has 0 fully saturated rings. The highest BCUT2D eigenvalue weighted by Crippen LogP contribution is 2.16. The first-order valence-corrected chi connectivity index (χ1v) is 8.07. The quantitative estimate of drug-likeness (QED) is 0.589. The summed E-state index contributed by atoms with van der Waals surface area (Å²) in [6.45, 7) is 5.01. The van der Waals surface area contributed by atoms with Gasteiger partial charge in [0.1, 0.15) is 11.6 Å². The molecule has 0 amide bonds. The molecular formula is C17H19N7O. The van der Waals surface area contributed by atoms with Crippen LogP contribution >= 0.6 is 0 Å². The number of aromatic amines is 2. The fourth-order valence-electron chi connectivity index (χ4n) is 3.00. The molecule has 0 saturated carbocycles. The second kappa shape index (κ2) is 5.82. The van der Waals surface area contributed by atoms with Gasteiger partial charge in [0.15, 0.2) is 0 Å². The Morgan fingerprint density at radius 3 is 2.80 bits per heavy atom. The van der Waals surface area contributed by atoms with Crippen LogP contribution in [-0.4, -0.2) is 41.5 Å². The number of hydrogen-bond donors (Lipinski definition) is 2. The van der Waals surface area contributed by atoms with Gasteiger partial charge in [0.25, 0.3) is 11.3 Å². The molecular weight excluding hydrogens is 318 g/mol. The lowest BCUT2D eigenvalue weighted by Gasteiger charge is -2.14. The minimum absolute atomic E-state index is 0.159. The van der Waals surface area contributed by atoms with Gasteiger partial charge in [0.2, 0.25) is 0 Å². The molecule has 0 spiro atoms. The first-order valence-electron chi connectivity index (χ1n) is 8.07. The third-order valence-electron chi connectivity index (χ3n) is 4.11. The molecule has 0 aliphatic heterocycles. The molecule has 0 aliphatic rings. The van der Waals surface area contributed by atoms with Crippen molar-refractivity contribution in [3.63, 3.8) is 0 Å². The van der Waals surface area contributed by atoms with E-state index in [9.17, 15) is 4.79 Å². The predicted molar refractivity (Wildman–Crippen MR) is 94.3 cm³/mol. The van der Waals surface area contributed by atoms with Crippen molar-refractivity contribution in [2.45, 2.75) is 26.9 Å². The van der Waals surface area contributed by atoms with Crippen LogP contribution in [0.5, 0.6) is 0 Å². The number of nitrogens with zero attached hydrogens (tertiary/aromatic N) is 5. The van der Waals surface area contributed by atoms with Crippen molar-refractivity contribution in [1.29, 1.82) is 0 Å². The molecule has 8 nitrogen and oxygen atoms in total. The highest BCUT2D eigenvalue weighted by Gasteiger charge is 2.11. The summed E-state index contributed by atoms with van der Waals surface area (Å²) in [5, 5.41) is 2.87. The number of hydrogen-bond acceptors (Lipinski definition) is 5. The van der Waals surface area contributed by atoms with Crippen molar-refractivity contribution in [2.24, 2.45) is 0 Å². The summed E-state index contributed by atoms with van der Waals surface area (Å²) in [5.41, 5.74) is 3.71. The first-order chi connectivity index (χ1) is 12.0. The summed E-state index contributed by atoms with van der Waals surface area (Å²) in [5.74, 6) is 1.95. The number of H-pyrrole nitrogens is 2. The van der Waals surface area contributed by atoms with E-state index in [1.54, 1.807) is 6.92 Å². The molecule has 0 unspecified atom stereocenters. The summed E-state index contributed by atoms with van der Waals surface area (Å²) in [4.78, 5) is 30.9. The molecule has 0 radical (unpaired) electrons. The van der Waals surface area contributed by atoms with Crippen molar-refractivity contribution in [1.82, 2.24) is 34.4 Å². The van der Waals surface area contributed by atoms with Crippen molar-refractivity contribution in [3.05, 3.63) is 57.5 Å². The van der Waals surface area contributed by atoms with Crippen molar-refractivity contribution in [3.8, 4) is 0 Å². The topological polar surface area (TPSA) is 95.0 Å². The summed E-state index contributed by atoms with van der Waals surface area (Å²) in [6.07, 6.45) is 0. The molecule has 0 saturated heterocycles. The largest absolute Gasteiger partial charge is 0.341 e. The van der Waals surface area contributed by atoms with Crippen LogP contribution in [0.2, 0.25) is 0 Å². The highest BCUT2D eigenvalue weighted by atomic mass is 16.1. The Morgan fingerprint density at radius 2 is 2.00 bits per heavy atom. The zero-order valence-corrected chi connectivity index (χ0v) is 14.4. The molecule has 2 N–H and O–H groups in total. The standard InChI is InChI=1S/C17H19N7O/c1-10-5-4-6-13-16(10)21-14(20-13)9-23(3)8-12-7-15(25)24-17(19-12)18-11(2)22-24/h4-7H,8-9H2,1-3H3,(H,20,21)(H,18,19,22). The smallest absolute Gasteiger partial charge is 0.274 e. The Balaban J connectivity index is 1.56. The molecule has 128 valence electrons. The van der Waals surface area contributed by atoms with E-state index in [4.69, 9.17) is 0 Å². The maximum Gasteiger partial charge on any atom is 0.274 e. The molecule has 3 heterocycles. The van der Waals surface area contributed by atoms with Crippen LogP contribution in [0.4, 0.5) is 0 Å². The Hall–Kier alpha value is -3.00. The summed E-state index contributed by atoms with van der Waals surface area (Å²) < 4.78 is 1.35. The Labute approximate surface area is 143 Å². The number of rotatable bonds is 4. The van der Waals surface area contributed by atoms with Gasteiger partial charge in [-0.05, 0) is 32.5 Å². The van der Waals surface area contributed by atoms with Crippen LogP contribution in [0.3, 0.4) is 0 Å². The molecule has 0 aliphatic carbocycles. The van der Waals surface area contributed by atoms with Gasteiger partial charge in [-0.1, -0.05) is 12.1 Å². The van der Waals surface area contributed by atoms with Crippen molar-refractivity contribution in [2.75, 3.05) is 7.05 Å². The van der Waals surface area contributed by atoms with Gasteiger partial charge in [-0.3, -0.25) is 14.8 Å². The van der Waals surface area contributed by atoms with E-state index in [-0.39, 0.29) is 5.56 Å².